The van der Waals surface area contributed by atoms with Crippen LogP contribution in [0.2, 0.25) is 0 Å². The van der Waals surface area contributed by atoms with Crippen molar-refractivity contribution in [2.75, 3.05) is 24.6 Å². The van der Waals surface area contributed by atoms with E-state index in [4.69, 9.17) is 34.4 Å². The number of carbonyl (C=O) groups excluding carboxylic acids is 9. The van der Waals surface area contributed by atoms with Gasteiger partial charge in [0.25, 0.3) is 0 Å². The van der Waals surface area contributed by atoms with Crippen molar-refractivity contribution in [2.45, 2.75) is 107 Å². The third kappa shape index (κ3) is 20.2. The zero-order valence-corrected chi connectivity index (χ0v) is 42.0. The van der Waals surface area contributed by atoms with Crippen LogP contribution in [-0.2, 0) is 56.0 Å². The molecule has 4 rings (SSSR count). The number of hydrogen-bond acceptors (Lipinski definition) is 13. The molecule has 0 bridgehead atoms. The number of carbonyl (C=O) groups is 9. The Morgan fingerprint density at radius 3 is 1.90 bits per heavy atom. The lowest BCUT2D eigenvalue weighted by atomic mass is 10.0. The SMILES string of the molecule is CC(=O)N[C@@H](CCCN=C(N)N)C(=O)NC1CCSSC[C@@H](C(N)=O)NC(=O)[C@H](Cc2c[nH]c3ccccc23)NC(=O)[C@H](CCCN=C(N)N)NC(=O)[C@@H](Cc2ccccc2)NC(=O)[C@H](CCC(N)=O)NC1=O. The van der Waals surface area contributed by atoms with Crippen molar-refractivity contribution < 1.29 is 43.2 Å². The molecule has 396 valence electrons. The number of nitrogens with one attached hydrogen (secondary N) is 8. The minimum Gasteiger partial charge on any atom is -0.370 e. The number of benzene rings is 2. The smallest absolute Gasteiger partial charge is 0.243 e. The van der Waals surface area contributed by atoms with E-state index in [1.807, 2.05) is 24.3 Å². The highest BCUT2D eigenvalue weighted by atomic mass is 33.1. The van der Waals surface area contributed by atoms with Crippen LogP contribution in [-0.4, -0.2) is 137 Å². The molecule has 0 spiro atoms. The fourth-order valence-corrected chi connectivity index (χ4v) is 9.84. The monoisotopic (exact) mass is 1050 g/mol. The van der Waals surface area contributed by atoms with E-state index in [0.717, 1.165) is 21.7 Å². The van der Waals surface area contributed by atoms with E-state index >= 15 is 0 Å². The number of hydrogen-bond donors (Lipinski definition) is 14. The second kappa shape index (κ2) is 29.7. The number of nitrogens with two attached hydrogens (primary N) is 6. The summed E-state index contributed by atoms with van der Waals surface area (Å²) >= 11 is 0. The topological polar surface area (TPSA) is 434 Å². The number of primary amides is 2. The third-order valence-corrected chi connectivity index (χ3v) is 13.7. The van der Waals surface area contributed by atoms with Gasteiger partial charge >= 0.3 is 0 Å². The molecule has 20 N–H and O–H groups in total. The molecule has 1 saturated heterocycles. The fourth-order valence-electron chi connectivity index (χ4n) is 7.57. The molecule has 0 aliphatic carbocycles. The Bertz CT molecular complexity index is 2470. The Labute approximate surface area is 429 Å². The number of fused-ring (bicyclic) bond motifs is 1. The number of amides is 9. The highest BCUT2D eigenvalue weighted by Gasteiger charge is 2.35. The molecule has 25 nitrogen and oxygen atoms in total. The summed E-state index contributed by atoms with van der Waals surface area (Å²) in [5.41, 5.74) is 35.3. The van der Waals surface area contributed by atoms with E-state index in [1.165, 1.54) is 17.7 Å². The molecule has 7 atom stereocenters. The van der Waals surface area contributed by atoms with E-state index in [-0.39, 0.29) is 94.3 Å². The molecule has 3 aromatic rings. The summed E-state index contributed by atoms with van der Waals surface area (Å²) in [5.74, 6) is -7.53. The van der Waals surface area contributed by atoms with Crippen LogP contribution in [0.4, 0.5) is 0 Å². The number of aromatic amines is 1. The number of nitrogens with zero attached hydrogens (tertiary/aromatic N) is 2. The largest absolute Gasteiger partial charge is 0.370 e. The van der Waals surface area contributed by atoms with Gasteiger partial charge < -0.3 is 76.6 Å². The summed E-state index contributed by atoms with van der Waals surface area (Å²) < 4.78 is 0. The van der Waals surface area contributed by atoms with Crippen molar-refractivity contribution >= 4 is 97.6 Å². The van der Waals surface area contributed by atoms with Gasteiger partial charge in [-0.2, -0.15) is 0 Å². The maximum atomic E-state index is 14.5. The van der Waals surface area contributed by atoms with Crippen molar-refractivity contribution in [3.8, 4) is 0 Å². The lowest BCUT2D eigenvalue weighted by Crippen LogP contribution is -2.60. The van der Waals surface area contributed by atoms with Gasteiger partial charge in [-0.05, 0) is 55.7 Å². The average Bonchev–Trinajstić information content (AvgIpc) is 3.75. The van der Waals surface area contributed by atoms with Gasteiger partial charge in [0.2, 0.25) is 53.2 Å². The summed E-state index contributed by atoms with van der Waals surface area (Å²) in [6.45, 7) is 1.40. The second-order valence-electron chi connectivity index (χ2n) is 17.1. The van der Waals surface area contributed by atoms with Gasteiger partial charge in [0.05, 0.1) is 0 Å². The lowest BCUT2D eigenvalue weighted by Gasteiger charge is -2.28. The van der Waals surface area contributed by atoms with Gasteiger partial charge in [-0.1, -0.05) is 70.1 Å². The highest BCUT2D eigenvalue weighted by Crippen LogP contribution is 2.24. The summed E-state index contributed by atoms with van der Waals surface area (Å²) in [5, 5.41) is 19.4. The Morgan fingerprint density at radius 1 is 0.685 bits per heavy atom. The molecule has 1 aliphatic heterocycles. The van der Waals surface area contributed by atoms with Crippen LogP contribution in [0, 0.1) is 0 Å². The number of para-hydroxylation sites is 1. The molecule has 1 aliphatic rings. The van der Waals surface area contributed by atoms with Crippen LogP contribution in [0.3, 0.4) is 0 Å². The van der Waals surface area contributed by atoms with Crippen LogP contribution in [0.5, 0.6) is 0 Å². The average molecular weight is 1050 g/mol. The normalized spacial score (nSPS) is 21.0. The number of guanidine groups is 2. The van der Waals surface area contributed by atoms with Crippen molar-refractivity contribution in [3.05, 3.63) is 71.9 Å². The first-order valence-corrected chi connectivity index (χ1v) is 25.9. The van der Waals surface area contributed by atoms with Crippen molar-refractivity contribution in [2.24, 2.45) is 44.4 Å². The summed E-state index contributed by atoms with van der Waals surface area (Å²) in [6.07, 6.45) is 1.10. The molecule has 1 aromatic heterocycles. The Hall–Kier alpha value is -7.55. The first-order chi connectivity index (χ1) is 34.8. The van der Waals surface area contributed by atoms with Gasteiger partial charge in [-0.15, -0.1) is 0 Å². The zero-order chi connectivity index (χ0) is 53.5. The lowest BCUT2D eigenvalue weighted by molar-refractivity contribution is -0.136. The molecule has 0 radical (unpaired) electrons. The first kappa shape index (κ1) is 58.0. The van der Waals surface area contributed by atoms with Gasteiger partial charge in [-0.3, -0.25) is 53.1 Å². The molecule has 1 fully saturated rings. The first-order valence-electron chi connectivity index (χ1n) is 23.4. The predicted octanol–water partition coefficient (Wildman–Crippen LogP) is -2.99. The molecule has 2 heterocycles. The number of aromatic nitrogens is 1. The van der Waals surface area contributed by atoms with Crippen LogP contribution in [0.15, 0.2) is 70.8 Å². The molecule has 2 aromatic carbocycles. The quantitative estimate of drug-likeness (QED) is 0.0246. The van der Waals surface area contributed by atoms with E-state index < -0.39 is 95.5 Å². The van der Waals surface area contributed by atoms with E-state index in [9.17, 15) is 43.2 Å². The number of aliphatic imine (C=N–C) groups is 2. The maximum absolute atomic E-state index is 14.5. The third-order valence-electron chi connectivity index (χ3n) is 11.3. The Balaban J connectivity index is 1.78. The van der Waals surface area contributed by atoms with Gasteiger partial charge in [0, 0.05) is 67.9 Å². The maximum Gasteiger partial charge on any atom is 0.243 e. The zero-order valence-electron chi connectivity index (χ0n) is 40.4. The molecular formula is C46H66N16O9S2. The molecular weight excluding hydrogens is 985 g/mol. The summed E-state index contributed by atoms with van der Waals surface area (Å²) in [7, 11) is 2.28. The second-order valence-corrected chi connectivity index (χ2v) is 19.7. The summed E-state index contributed by atoms with van der Waals surface area (Å²) in [6, 6.07) is 6.47. The van der Waals surface area contributed by atoms with E-state index in [1.54, 1.807) is 36.5 Å². The molecule has 0 saturated carbocycles. The molecule has 9 amide bonds. The minimum atomic E-state index is -1.51. The fraction of sp³-hybridized carbons (Fsp3) is 0.457. The molecule has 73 heavy (non-hydrogen) atoms. The van der Waals surface area contributed by atoms with Crippen LogP contribution in [0.1, 0.15) is 63.0 Å². The Morgan fingerprint density at radius 2 is 1.26 bits per heavy atom. The van der Waals surface area contributed by atoms with Crippen LogP contribution >= 0.6 is 21.6 Å². The van der Waals surface area contributed by atoms with Crippen molar-refractivity contribution in [1.82, 2.24) is 42.2 Å². The van der Waals surface area contributed by atoms with Gasteiger partial charge in [0.1, 0.15) is 42.3 Å². The van der Waals surface area contributed by atoms with Crippen molar-refractivity contribution in [3.63, 3.8) is 0 Å². The molecule has 1 unspecified atom stereocenters. The highest BCUT2D eigenvalue weighted by molar-refractivity contribution is 8.76. The number of H-pyrrole nitrogens is 1. The van der Waals surface area contributed by atoms with E-state index in [0.29, 0.717) is 11.1 Å². The minimum absolute atomic E-state index is 0.0530. The van der Waals surface area contributed by atoms with Gasteiger partial charge in [-0.25, -0.2) is 0 Å². The Kier molecular flexibility index (Phi) is 23.6. The van der Waals surface area contributed by atoms with E-state index in [2.05, 4.69) is 52.2 Å². The van der Waals surface area contributed by atoms with Crippen LogP contribution < -0.4 is 71.6 Å². The van der Waals surface area contributed by atoms with Crippen molar-refractivity contribution in [1.29, 1.82) is 0 Å². The van der Waals surface area contributed by atoms with Crippen LogP contribution in [0.25, 0.3) is 10.9 Å². The summed E-state index contributed by atoms with van der Waals surface area (Å²) in [4.78, 5) is 134. The number of rotatable bonds is 19. The van der Waals surface area contributed by atoms with Gasteiger partial charge in [0.15, 0.2) is 11.9 Å². The standard InChI is InChI=1S/C46H66N16O9S2/c1-25(63)56-30(13-7-18-53-45(49)50)39(66)59-33-17-20-72-73-24-36(38(48)65)62-44(71)35(22-27-23-55-29-12-6-5-11-28(27)29)61-40(67)31(14-8-19-54-46(51)52)57-43(70)34(21-26-9-3-2-4-10-26)60-41(68)32(58-42(33)69)15-16-37(47)64/h2-6,9-12,23,30-36,55H,7-8,13-22,24H2,1H3,(H2,47,64)(H2,48,65)(H,56,63)(H,57,70)(H,58,69)(H,59,66)(H,60,68)(H,61,67)(H,62,71)(H4,49,50,53)(H4,51,52,54)/t30-,31-,32-,33?,34+,35-,36-/m0/s1. The molecule has 27 heteroatoms. The predicted molar refractivity (Wildman–Crippen MR) is 278 cm³/mol.